The summed E-state index contributed by atoms with van der Waals surface area (Å²) in [6, 6.07) is 0. The molecule has 2 heteroatoms. The first kappa shape index (κ1) is 12.4. The van der Waals surface area contributed by atoms with Crippen LogP contribution in [-0.2, 0) is 4.74 Å². The van der Waals surface area contributed by atoms with Crippen LogP contribution in [0.3, 0.4) is 0 Å². The summed E-state index contributed by atoms with van der Waals surface area (Å²) in [6.45, 7) is 10.6. The summed E-state index contributed by atoms with van der Waals surface area (Å²) in [5, 5.41) is 1.04. The Balaban J connectivity index is 3.45. The molecule has 0 fully saturated rings. The molecule has 74 valence electrons. The molecule has 0 radical (unpaired) electrons. The van der Waals surface area contributed by atoms with E-state index < -0.39 is 0 Å². The lowest BCUT2D eigenvalue weighted by atomic mass is 9.99. The van der Waals surface area contributed by atoms with Gasteiger partial charge in [-0.1, -0.05) is 43.6 Å². The monoisotopic (exact) mass is 236 g/mol. The van der Waals surface area contributed by atoms with Gasteiger partial charge in [0.1, 0.15) is 0 Å². The van der Waals surface area contributed by atoms with E-state index in [1.807, 2.05) is 0 Å². The molecule has 12 heavy (non-hydrogen) atoms. The third-order valence-corrected chi connectivity index (χ3v) is 2.76. The highest BCUT2D eigenvalue weighted by atomic mass is 79.9. The normalized spacial score (nSPS) is 14.2. The first-order valence-electron chi connectivity index (χ1n) is 4.71. The van der Waals surface area contributed by atoms with Crippen LogP contribution in [0.4, 0.5) is 0 Å². The summed E-state index contributed by atoms with van der Waals surface area (Å²) in [6.07, 6.45) is 0. The Kier molecular flexibility index (Phi) is 7.16. The number of hydrogen-bond donors (Lipinski definition) is 0. The minimum absolute atomic E-state index is 0.646. The summed E-state index contributed by atoms with van der Waals surface area (Å²) >= 11 is 3.50. The molecule has 1 nitrogen and oxygen atoms in total. The van der Waals surface area contributed by atoms with Crippen molar-refractivity contribution in [2.24, 2.45) is 17.8 Å². The molecule has 0 aromatic carbocycles. The second-order valence-corrected chi connectivity index (χ2v) is 4.74. The van der Waals surface area contributed by atoms with Crippen molar-refractivity contribution in [3.63, 3.8) is 0 Å². The summed E-state index contributed by atoms with van der Waals surface area (Å²) < 4.78 is 5.58. The highest BCUT2D eigenvalue weighted by molar-refractivity contribution is 9.09. The number of alkyl halides is 1. The third kappa shape index (κ3) is 6.01. The van der Waals surface area contributed by atoms with Gasteiger partial charge in [-0.2, -0.15) is 0 Å². The van der Waals surface area contributed by atoms with Crippen molar-refractivity contribution in [2.75, 3.05) is 18.5 Å². The Morgan fingerprint density at radius 2 is 1.67 bits per heavy atom. The van der Waals surface area contributed by atoms with E-state index >= 15 is 0 Å². The Labute approximate surface area is 85.0 Å². The smallest absolute Gasteiger partial charge is 0.0504 e. The van der Waals surface area contributed by atoms with Crippen molar-refractivity contribution < 1.29 is 4.74 Å². The molecular weight excluding hydrogens is 216 g/mol. The van der Waals surface area contributed by atoms with Gasteiger partial charge >= 0.3 is 0 Å². The van der Waals surface area contributed by atoms with Crippen molar-refractivity contribution in [2.45, 2.75) is 27.7 Å². The van der Waals surface area contributed by atoms with Crippen molar-refractivity contribution in [3.05, 3.63) is 0 Å². The molecule has 1 unspecified atom stereocenters. The topological polar surface area (TPSA) is 9.23 Å². The number of rotatable bonds is 6. The molecule has 0 spiro atoms. The minimum Gasteiger partial charge on any atom is -0.381 e. The van der Waals surface area contributed by atoms with Gasteiger partial charge < -0.3 is 4.74 Å². The molecule has 0 N–H and O–H groups in total. The highest BCUT2D eigenvalue weighted by Crippen LogP contribution is 2.14. The summed E-state index contributed by atoms with van der Waals surface area (Å²) in [7, 11) is 0. The van der Waals surface area contributed by atoms with Crippen LogP contribution in [0.25, 0.3) is 0 Å². The van der Waals surface area contributed by atoms with E-state index in [0.717, 1.165) is 18.5 Å². The van der Waals surface area contributed by atoms with Crippen LogP contribution in [0.5, 0.6) is 0 Å². The molecule has 0 rings (SSSR count). The molecule has 0 aliphatic carbocycles. The van der Waals surface area contributed by atoms with E-state index in [0.29, 0.717) is 17.8 Å². The fourth-order valence-electron chi connectivity index (χ4n) is 0.870. The summed E-state index contributed by atoms with van der Waals surface area (Å²) in [5.74, 6) is 2.01. The van der Waals surface area contributed by atoms with E-state index in [-0.39, 0.29) is 0 Å². The van der Waals surface area contributed by atoms with Crippen molar-refractivity contribution in [1.82, 2.24) is 0 Å². The molecule has 0 aromatic rings. The van der Waals surface area contributed by atoms with E-state index in [4.69, 9.17) is 4.74 Å². The first-order chi connectivity index (χ1) is 5.57. The zero-order valence-electron chi connectivity index (χ0n) is 8.64. The maximum Gasteiger partial charge on any atom is 0.0504 e. The fraction of sp³-hybridized carbons (Fsp3) is 1.00. The lowest BCUT2D eigenvalue weighted by molar-refractivity contribution is 0.0733. The second kappa shape index (κ2) is 6.90. The van der Waals surface area contributed by atoms with E-state index in [1.165, 1.54) is 0 Å². The van der Waals surface area contributed by atoms with Gasteiger partial charge in [0.25, 0.3) is 0 Å². The van der Waals surface area contributed by atoms with Crippen molar-refractivity contribution in [3.8, 4) is 0 Å². The highest BCUT2D eigenvalue weighted by Gasteiger charge is 2.11. The predicted molar refractivity (Wildman–Crippen MR) is 57.8 cm³/mol. The van der Waals surface area contributed by atoms with Gasteiger partial charge in [0.15, 0.2) is 0 Å². The Hall–Kier alpha value is 0.440. The predicted octanol–water partition coefficient (Wildman–Crippen LogP) is 3.33. The largest absolute Gasteiger partial charge is 0.381 e. The van der Waals surface area contributed by atoms with Gasteiger partial charge in [-0.15, -0.1) is 0 Å². The number of hydrogen-bond acceptors (Lipinski definition) is 1. The molecule has 0 aliphatic heterocycles. The first-order valence-corrected chi connectivity index (χ1v) is 5.83. The standard InChI is InChI=1S/C10H21BrO/c1-8(2)6-12-7-10(5-11)9(3)4/h8-10H,5-7H2,1-4H3. The van der Waals surface area contributed by atoms with E-state index in [9.17, 15) is 0 Å². The maximum atomic E-state index is 5.58. The van der Waals surface area contributed by atoms with Crippen LogP contribution >= 0.6 is 15.9 Å². The lowest BCUT2D eigenvalue weighted by Gasteiger charge is -2.18. The molecule has 0 bridgehead atoms. The van der Waals surface area contributed by atoms with Crippen LogP contribution in [0, 0.1) is 17.8 Å². The van der Waals surface area contributed by atoms with Gasteiger partial charge in [0, 0.05) is 11.9 Å². The Bertz CT molecular complexity index is 102. The molecular formula is C10H21BrO. The van der Waals surface area contributed by atoms with Crippen LogP contribution in [0.15, 0.2) is 0 Å². The molecule has 0 saturated heterocycles. The molecule has 0 saturated carbocycles. The molecule has 0 aromatic heterocycles. The SMILES string of the molecule is CC(C)COCC(CBr)C(C)C. The zero-order valence-corrected chi connectivity index (χ0v) is 10.2. The molecule has 0 heterocycles. The second-order valence-electron chi connectivity index (χ2n) is 4.09. The summed E-state index contributed by atoms with van der Waals surface area (Å²) in [4.78, 5) is 0. The molecule has 1 atom stereocenters. The van der Waals surface area contributed by atoms with Gasteiger partial charge in [0.2, 0.25) is 0 Å². The average Bonchev–Trinajstić information content (AvgIpc) is 1.96. The molecule has 0 aliphatic rings. The molecule has 0 amide bonds. The van der Waals surface area contributed by atoms with Crippen LogP contribution in [-0.4, -0.2) is 18.5 Å². The number of halogens is 1. The van der Waals surface area contributed by atoms with E-state index in [1.54, 1.807) is 0 Å². The van der Waals surface area contributed by atoms with Crippen LogP contribution in [0.2, 0.25) is 0 Å². The van der Waals surface area contributed by atoms with Gasteiger partial charge in [-0.3, -0.25) is 0 Å². The van der Waals surface area contributed by atoms with Crippen LogP contribution in [0.1, 0.15) is 27.7 Å². The fourth-order valence-corrected chi connectivity index (χ4v) is 1.80. The average molecular weight is 237 g/mol. The van der Waals surface area contributed by atoms with Crippen molar-refractivity contribution in [1.29, 1.82) is 0 Å². The lowest BCUT2D eigenvalue weighted by Crippen LogP contribution is -2.18. The van der Waals surface area contributed by atoms with Gasteiger partial charge in [-0.25, -0.2) is 0 Å². The Morgan fingerprint density at radius 1 is 1.08 bits per heavy atom. The zero-order chi connectivity index (χ0) is 9.56. The third-order valence-electron chi connectivity index (χ3n) is 1.92. The maximum absolute atomic E-state index is 5.58. The number of ether oxygens (including phenoxy) is 1. The van der Waals surface area contributed by atoms with Gasteiger partial charge in [-0.05, 0) is 17.8 Å². The van der Waals surface area contributed by atoms with Gasteiger partial charge in [0.05, 0.1) is 6.61 Å². The summed E-state index contributed by atoms with van der Waals surface area (Å²) in [5.41, 5.74) is 0. The van der Waals surface area contributed by atoms with Crippen LogP contribution < -0.4 is 0 Å². The quantitative estimate of drug-likeness (QED) is 0.644. The minimum atomic E-state index is 0.646. The van der Waals surface area contributed by atoms with E-state index in [2.05, 4.69) is 43.6 Å². The Morgan fingerprint density at radius 3 is 2.00 bits per heavy atom. The van der Waals surface area contributed by atoms with Crippen molar-refractivity contribution >= 4 is 15.9 Å².